The minimum atomic E-state index is 0.108. The van der Waals surface area contributed by atoms with Crippen molar-refractivity contribution >= 4 is 0 Å². The predicted molar refractivity (Wildman–Crippen MR) is 45.6 cm³/mol. The van der Waals surface area contributed by atoms with Crippen molar-refractivity contribution in [2.24, 2.45) is 5.73 Å². The van der Waals surface area contributed by atoms with E-state index in [9.17, 15) is 0 Å². The van der Waals surface area contributed by atoms with Gasteiger partial charge in [-0.1, -0.05) is 12.8 Å². The summed E-state index contributed by atoms with van der Waals surface area (Å²) < 4.78 is 0. The Balaban J connectivity index is 2.28. The highest BCUT2D eigenvalue weighted by Crippen LogP contribution is 2.37. The number of nitrogens with zero attached hydrogens (tertiary/aromatic N) is 2. The van der Waals surface area contributed by atoms with Gasteiger partial charge in [-0.25, -0.2) is 4.98 Å². The molecule has 4 nitrogen and oxygen atoms in total. The normalized spacial score (nSPS) is 21.4. The van der Waals surface area contributed by atoms with E-state index in [-0.39, 0.29) is 5.41 Å². The first-order valence-electron chi connectivity index (χ1n) is 4.43. The van der Waals surface area contributed by atoms with Gasteiger partial charge in [-0.15, -0.1) is 0 Å². The maximum Gasteiger partial charge on any atom is 0.137 e. The number of hydrogen-bond donors (Lipinski definition) is 2. The van der Waals surface area contributed by atoms with Gasteiger partial charge in [-0.05, 0) is 12.8 Å². The number of hydrogen-bond acceptors (Lipinski definition) is 3. The van der Waals surface area contributed by atoms with E-state index in [0.29, 0.717) is 6.54 Å². The van der Waals surface area contributed by atoms with Crippen molar-refractivity contribution in [2.75, 3.05) is 6.54 Å². The van der Waals surface area contributed by atoms with Gasteiger partial charge in [0.15, 0.2) is 0 Å². The van der Waals surface area contributed by atoms with E-state index in [1.165, 1.54) is 12.8 Å². The van der Waals surface area contributed by atoms with Crippen molar-refractivity contribution in [2.45, 2.75) is 31.1 Å². The van der Waals surface area contributed by atoms with Gasteiger partial charge in [0.25, 0.3) is 0 Å². The Morgan fingerprint density at radius 1 is 1.50 bits per heavy atom. The highest BCUT2D eigenvalue weighted by Gasteiger charge is 2.36. The first-order valence-corrected chi connectivity index (χ1v) is 4.43. The summed E-state index contributed by atoms with van der Waals surface area (Å²) >= 11 is 0. The molecule has 1 heterocycles. The predicted octanol–water partition coefficient (Wildman–Crippen LogP) is 0.575. The second-order valence-corrected chi connectivity index (χ2v) is 3.53. The van der Waals surface area contributed by atoms with Gasteiger partial charge in [0.05, 0.1) is 0 Å². The van der Waals surface area contributed by atoms with Crippen LogP contribution in [0.5, 0.6) is 0 Å². The fraction of sp³-hybridized carbons (Fsp3) is 0.750. The molecule has 4 heteroatoms. The Labute approximate surface area is 71.6 Å². The molecule has 66 valence electrons. The van der Waals surface area contributed by atoms with E-state index < -0.39 is 0 Å². The Morgan fingerprint density at radius 2 is 2.25 bits per heavy atom. The molecule has 0 aromatic carbocycles. The van der Waals surface area contributed by atoms with Crippen LogP contribution in [0.3, 0.4) is 0 Å². The second kappa shape index (κ2) is 2.86. The maximum atomic E-state index is 5.77. The minimum absolute atomic E-state index is 0.108. The quantitative estimate of drug-likeness (QED) is 0.675. The fourth-order valence-corrected chi connectivity index (χ4v) is 2.05. The van der Waals surface area contributed by atoms with Crippen LogP contribution in [0.15, 0.2) is 6.33 Å². The van der Waals surface area contributed by atoms with Crippen LogP contribution in [0.2, 0.25) is 0 Å². The van der Waals surface area contributed by atoms with E-state index >= 15 is 0 Å². The summed E-state index contributed by atoms with van der Waals surface area (Å²) in [4.78, 5) is 4.19. The fourth-order valence-electron chi connectivity index (χ4n) is 2.05. The lowest BCUT2D eigenvalue weighted by atomic mass is 9.85. The first kappa shape index (κ1) is 7.73. The van der Waals surface area contributed by atoms with Crippen LogP contribution in [0.25, 0.3) is 0 Å². The Morgan fingerprint density at radius 3 is 2.75 bits per heavy atom. The molecule has 0 unspecified atom stereocenters. The van der Waals surface area contributed by atoms with Gasteiger partial charge in [-0.3, -0.25) is 5.10 Å². The topological polar surface area (TPSA) is 67.6 Å². The number of aromatic nitrogens is 3. The summed E-state index contributed by atoms with van der Waals surface area (Å²) in [5.74, 6) is 0.975. The molecule has 2 rings (SSSR count). The summed E-state index contributed by atoms with van der Waals surface area (Å²) in [7, 11) is 0. The number of nitrogens with two attached hydrogens (primary N) is 1. The molecule has 0 atom stereocenters. The zero-order chi connectivity index (χ0) is 8.44. The van der Waals surface area contributed by atoms with Crippen LogP contribution in [0.4, 0.5) is 0 Å². The standard InChI is InChI=1S/C8H14N4/c9-5-8(3-1-2-4-8)7-10-6-11-12-7/h6H,1-5,9H2,(H,10,11,12). The molecule has 0 spiro atoms. The molecule has 0 radical (unpaired) electrons. The molecule has 12 heavy (non-hydrogen) atoms. The van der Waals surface area contributed by atoms with Gasteiger partial charge in [-0.2, -0.15) is 5.10 Å². The zero-order valence-corrected chi connectivity index (χ0v) is 7.08. The summed E-state index contributed by atoms with van der Waals surface area (Å²) in [5.41, 5.74) is 5.88. The van der Waals surface area contributed by atoms with Gasteiger partial charge in [0.2, 0.25) is 0 Å². The molecule has 0 amide bonds. The smallest absolute Gasteiger partial charge is 0.137 e. The van der Waals surface area contributed by atoms with Crippen LogP contribution < -0.4 is 5.73 Å². The van der Waals surface area contributed by atoms with Crippen LogP contribution >= 0.6 is 0 Å². The molecule has 0 bridgehead atoms. The molecule has 0 aliphatic heterocycles. The lowest BCUT2D eigenvalue weighted by molar-refractivity contribution is 0.426. The molecule has 0 saturated heterocycles. The number of nitrogens with one attached hydrogen (secondary N) is 1. The molecule has 1 fully saturated rings. The lowest BCUT2D eigenvalue weighted by Crippen LogP contribution is -2.33. The number of aromatic amines is 1. The van der Waals surface area contributed by atoms with Gasteiger partial charge in [0, 0.05) is 12.0 Å². The molecule has 1 aliphatic carbocycles. The molecule has 1 aromatic rings. The molecular weight excluding hydrogens is 152 g/mol. The van der Waals surface area contributed by atoms with E-state index in [1.54, 1.807) is 6.33 Å². The molecule has 1 aliphatic rings. The summed E-state index contributed by atoms with van der Waals surface area (Å²) in [6, 6.07) is 0. The van der Waals surface area contributed by atoms with Gasteiger partial charge < -0.3 is 5.73 Å². The van der Waals surface area contributed by atoms with Crippen LogP contribution in [-0.2, 0) is 5.41 Å². The van der Waals surface area contributed by atoms with Crippen molar-refractivity contribution < 1.29 is 0 Å². The molecule has 3 N–H and O–H groups in total. The average molecular weight is 166 g/mol. The monoisotopic (exact) mass is 166 g/mol. The summed E-state index contributed by atoms with van der Waals surface area (Å²) in [6.45, 7) is 0.683. The van der Waals surface area contributed by atoms with E-state index in [2.05, 4.69) is 15.2 Å². The second-order valence-electron chi connectivity index (χ2n) is 3.53. The van der Waals surface area contributed by atoms with E-state index in [4.69, 9.17) is 5.73 Å². The molecule has 1 saturated carbocycles. The largest absolute Gasteiger partial charge is 0.329 e. The average Bonchev–Trinajstić information content (AvgIpc) is 2.76. The van der Waals surface area contributed by atoms with Crippen molar-refractivity contribution in [1.82, 2.24) is 15.2 Å². The summed E-state index contributed by atoms with van der Waals surface area (Å²) in [6.07, 6.45) is 6.39. The third kappa shape index (κ3) is 1.03. The number of rotatable bonds is 2. The lowest BCUT2D eigenvalue weighted by Gasteiger charge is -2.23. The van der Waals surface area contributed by atoms with E-state index in [0.717, 1.165) is 18.7 Å². The van der Waals surface area contributed by atoms with Gasteiger partial charge in [0.1, 0.15) is 12.2 Å². The minimum Gasteiger partial charge on any atom is -0.329 e. The van der Waals surface area contributed by atoms with Crippen molar-refractivity contribution in [3.63, 3.8) is 0 Å². The highest BCUT2D eigenvalue weighted by molar-refractivity contribution is 5.09. The van der Waals surface area contributed by atoms with Gasteiger partial charge >= 0.3 is 0 Å². The number of H-pyrrole nitrogens is 1. The molecule has 1 aromatic heterocycles. The Hall–Kier alpha value is -0.900. The van der Waals surface area contributed by atoms with E-state index in [1.807, 2.05) is 0 Å². The maximum absolute atomic E-state index is 5.77. The SMILES string of the molecule is NCC1(c2ncn[nH]2)CCCC1. The Bertz CT molecular complexity index is 236. The van der Waals surface area contributed by atoms with Crippen LogP contribution in [0.1, 0.15) is 31.5 Å². The highest BCUT2D eigenvalue weighted by atomic mass is 15.2. The third-order valence-corrected chi connectivity index (χ3v) is 2.87. The first-order chi connectivity index (χ1) is 5.87. The Kier molecular flexibility index (Phi) is 1.84. The van der Waals surface area contributed by atoms with Crippen molar-refractivity contribution in [3.05, 3.63) is 12.2 Å². The summed E-state index contributed by atoms with van der Waals surface area (Å²) in [5, 5.41) is 6.80. The van der Waals surface area contributed by atoms with Crippen LogP contribution in [0, 0.1) is 0 Å². The van der Waals surface area contributed by atoms with Crippen LogP contribution in [-0.4, -0.2) is 21.7 Å². The van der Waals surface area contributed by atoms with Crippen molar-refractivity contribution in [3.8, 4) is 0 Å². The third-order valence-electron chi connectivity index (χ3n) is 2.87. The zero-order valence-electron chi connectivity index (χ0n) is 7.08. The van der Waals surface area contributed by atoms with Crippen molar-refractivity contribution in [1.29, 1.82) is 0 Å². The molecular formula is C8H14N4.